The average molecular weight is 429 g/mol. The van der Waals surface area contributed by atoms with Crippen molar-refractivity contribution in [3.63, 3.8) is 0 Å². The van der Waals surface area contributed by atoms with E-state index in [2.05, 4.69) is 25.1 Å². The van der Waals surface area contributed by atoms with Gasteiger partial charge in [0.2, 0.25) is 5.91 Å². The van der Waals surface area contributed by atoms with Crippen molar-refractivity contribution in [3.8, 4) is 0 Å². The van der Waals surface area contributed by atoms with Gasteiger partial charge in [0.25, 0.3) is 0 Å². The summed E-state index contributed by atoms with van der Waals surface area (Å²) in [4.78, 5) is 20.1. The number of benzene rings is 2. The van der Waals surface area contributed by atoms with Crippen LogP contribution >= 0.6 is 34.7 Å². The van der Waals surface area contributed by atoms with Crippen LogP contribution in [0.5, 0.6) is 0 Å². The molecule has 1 aliphatic heterocycles. The Hall–Kier alpha value is -1.56. The molecule has 1 aromatic heterocycles. The molecular weight excluding hydrogens is 408 g/mol. The highest BCUT2D eigenvalue weighted by Crippen LogP contribution is 2.47. The van der Waals surface area contributed by atoms with Gasteiger partial charge in [-0.05, 0) is 60.7 Å². The second-order valence-electron chi connectivity index (χ2n) is 7.99. The lowest BCUT2D eigenvalue weighted by atomic mass is 9.63. The van der Waals surface area contributed by atoms with E-state index in [1.165, 1.54) is 16.0 Å². The first-order chi connectivity index (χ1) is 13.4. The SMILES string of the molecule is CN1C(=O)CC[C@]2(C)c3ccc(Sc4nc5ccc(Cl)cc5s4)cc3CCC12. The zero-order valence-electron chi connectivity index (χ0n) is 15.9. The molecule has 0 saturated carbocycles. The number of piperidine rings is 1. The van der Waals surface area contributed by atoms with Crippen LogP contribution in [0, 0.1) is 0 Å². The van der Waals surface area contributed by atoms with Gasteiger partial charge in [-0.1, -0.05) is 36.4 Å². The van der Waals surface area contributed by atoms with Crippen LogP contribution < -0.4 is 0 Å². The Bertz CT molecular complexity index is 1100. The Balaban J connectivity index is 1.45. The number of likely N-dealkylation sites (tertiary alicyclic amines) is 1. The molecule has 1 aliphatic carbocycles. The average Bonchev–Trinajstić information content (AvgIpc) is 3.06. The maximum Gasteiger partial charge on any atom is 0.222 e. The smallest absolute Gasteiger partial charge is 0.222 e. The van der Waals surface area contributed by atoms with Gasteiger partial charge in [-0.2, -0.15) is 0 Å². The first kappa shape index (κ1) is 18.5. The maximum atomic E-state index is 12.2. The lowest BCUT2D eigenvalue weighted by molar-refractivity contribution is -0.138. The van der Waals surface area contributed by atoms with Gasteiger partial charge in [-0.25, -0.2) is 4.98 Å². The molecule has 28 heavy (non-hydrogen) atoms. The van der Waals surface area contributed by atoms with Gasteiger partial charge in [-0.15, -0.1) is 11.3 Å². The van der Waals surface area contributed by atoms with Crippen molar-refractivity contribution in [2.45, 2.75) is 53.3 Å². The number of amides is 1. The molecule has 5 rings (SSSR count). The van der Waals surface area contributed by atoms with Crippen LogP contribution in [-0.4, -0.2) is 28.9 Å². The van der Waals surface area contributed by atoms with E-state index in [1.807, 2.05) is 30.1 Å². The normalized spacial score (nSPS) is 24.3. The van der Waals surface area contributed by atoms with Crippen LogP contribution in [0.15, 0.2) is 45.6 Å². The van der Waals surface area contributed by atoms with Crippen molar-refractivity contribution in [3.05, 3.63) is 52.5 Å². The molecule has 2 aromatic carbocycles. The number of carbonyl (C=O) groups is 1. The molecule has 144 valence electrons. The van der Waals surface area contributed by atoms with Gasteiger partial charge in [0.1, 0.15) is 0 Å². The van der Waals surface area contributed by atoms with Gasteiger partial charge in [0.15, 0.2) is 4.34 Å². The second kappa shape index (κ2) is 6.75. The maximum absolute atomic E-state index is 12.2. The lowest BCUT2D eigenvalue weighted by Crippen LogP contribution is -2.56. The predicted octanol–water partition coefficient (Wildman–Crippen LogP) is 5.93. The molecule has 1 fully saturated rings. The van der Waals surface area contributed by atoms with Crippen LogP contribution in [0.2, 0.25) is 5.02 Å². The van der Waals surface area contributed by atoms with E-state index in [4.69, 9.17) is 16.6 Å². The fourth-order valence-corrected chi connectivity index (χ4v) is 7.23. The van der Waals surface area contributed by atoms with Gasteiger partial charge in [-0.3, -0.25) is 4.79 Å². The zero-order chi connectivity index (χ0) is 19.5. The molecular formula is C22H21ClN2OS2. The molecule has 0 spiro atoms. The van der Waals surface area contributed by atoms with Crippen molar-refractivity contribution in [1.29, 1.82) is 0 Å². The Labute approximate surface area is 178 Å². The van der Waals surface area contributed by atoms with Crippen LogP contribution in [0.25, 0.3) is 10.2 Å². The Morgan fingerprint density at radius 2 is 2.11 bits per heavy atom. The fourth-order valence-electron chi connectivity index (χ4n) is 4.85. The molecule has 0 radical (unpaired) electrons. The van der Waals surface area contributed by atoms with Crippen molar-refractivity contribution < 1.29 is 4.79 Å². The molecule has 0 bridgehead atoms. The van der Waals surface area contributed by atoms with Gasteiger partial charge in [0, 0.05) is 34.8 Å². The number of nitrogens with zero attached hydrogens (tertiary/aromatic N) is 2. The molecule has 3 nitrogen and oxygen atoms in total. The minimum atomic E-state index is 0.0616. The number of thiazole rings is 1. The number of aromatic nitrogens is 1. The highest BCUT2D eigenvalue weighted by molar-refractivity contribution is 8.01. The topological polar surface area (TPSA) is 33.2 Å². The van der Waals surface area contributed by atoms with E-state index in [1.54, 1.807) is 23.1 Å². The van der Waals surface area contributed by atoms with E-state index in [-0.39, 0.29) is 11.3 Å². The number of likely N-dealkylation sites (N-methyl/N-ethyl adjacent to an activating group) is 1. The van der Waals surface area contributed by atoms with Crippen molar-refractivity contribution in [2.75, 3.05) is 7.05 Å². The number of halogens is 1. The molecule has 0 N–H and O–H groups in total. The van der Waals surface area contributed by atoms with E-state index in [0.29, 0.717) is 12.5 Å². The summed E-state index contributed by atoms with van der Waals surface area (Å²) in [5.41, 5.74) is 3.91. The van der Waals surface area contributed by atoms with Crippen LogP contribution in [-0.2, 0) is 16.6 Å². The number of carbonyl (C=O) groups excluding carboxylic acids is 1. The second-order valence-corrected chi connectivity index (χ2v) is 10.8. The van der Waals surface area contributed by atoms with E-state index < -0.39 is 0 Å². The quantitative estimate of drug-likeness (QED) is 0.507. The molecule has 2 aliphatic rings. The van der Waals surface area contributed by atoms with Gasteiger partial charge >= 0.3 is 0 Å². The number of hydrogen-bond donors (Lipinski definition) is 0. The Morgan fingerprint density at radius 3 is 2.96 bits per heavy atom. The third kappa shape index (κ3) is 2.95. The van der Waals surface area contributed by atoms with Gasteiger partial charge < -0.3 is 4.90 Å². The zero-order valence-corrected chi connectivity index (χ0v) is 18.3. The summed E-state index contributed by atoms with van der Waals surface area (Å²) < 4.78 is 2.17. The summed E-state index contributed by atoms with van der Waals surface area (Å²) in [6.07, 6.45) is 3.66. The van der Waals surface area contributed by atoms with Crippen molar-refractivity contribution in [2.24, 2.45) is 0 Å². The summed E-state index contributed by atoms with van der Waals surface area (Å²) in [5.74, 6) is 0.286. The van der Waals surface area contributed by atoms with Crippen LogP contribution in [0.4, 0.5) is 0 Å². The summed E-state index contributed by atoms with van der Waals surface area (Å²) in [6, 6.07) is 13.0. The number of hydrogen-bond acceptors (Lipinski definition) is 4. The highest BCUT2D eigenvalue weighted by atomic mass is 35.5. The minimum Gasteiger partial charge on any atom is -0.342 e. The number of rotatable bonds is 2. The van der Waals surface area contributed by atoms with E-state index in [0.717, 1.165) is 38.8 Å². The Kier molecular flexibility index (Phi) is 4.45. The lowest BCUT2D eigenvalue weighted by Gasteiger charge is -2.50. The summed E-state index contributed by atoms with van der Waals surface area (Å²) in [5, 5.41) is 0.750. The summed E-state index contributed by atoms with van der Waals surface area (Å²) in [7, 11) is 1.97. The first-order valence-electron chi connectivity index (χ1n) is 9.57. The molecule has 6 heteroatoms. The van der Waals surface area contributed by atoms with Crippen molar-refractivity contribution in [1.82, 2.24) is 9.88 Å². The third-order valence-corrected chi connectivity index (χ3v) is 8.67. The number of fused-ring (bicyclic) bond motifs is 4. The first-order valence-corrected chi connectivity index (χ1v) is 11.6. The minimum absolute atomic E-state index is 0.0616. The summed E-state index contributed by atoms with van der Waals surface area (Å²) >= 11 is 9.51. The highest BCUT2D eigenvalue weighted by Gasteiger charge is 2.46. The van der Waals surface area contributed by atoms with Crippen LogP contribution in [0.3, 0.4) is 0 Å². The molecule has 2 heterocycles. The van der Waals surface area contributed by atoms with Crippen molar-refractivity contribution >= 4 is 50.8 Å². The van der Waals surface area contributed by atoms with E-state index in [9.17, 15) is 4.79 Å². The molecule has 1 unspecified atom stereocenters. The standard InChI is InChI=1S/C22H21ClN2OS2/c1-22-10-9-20(26)25(2)19(22)8-3-13-11-15(5-6-16(13)22)27-21-24-17-7-4-14(23)12-18(17)28-21/h4-7,11-12,19H,3,8-10H2,1-2H3/t19?,22-/m1/s1. The molecule has 3 aromatic rings. The van der Waals surface area contributed by atoms with E-state index >= 15 is 0 Å². The third-order valence-electron chi connectivity index (χ3n) is 6.37. The largest absolute Gasteiger partial charge is 0.342 e. The predicted molar refractivity (Wildman–Crippen MR) is 117 cm³/mol. The summed E-state index contributed by atoms with van der Waals surface area (Å²) in [6.45, 7) is 2.34. The van der Waals surface area contributed by atoms with Gasteiger partial charge in [0.05, 0.1) is 10.2 Å². The number of aryl methyl sites for hydroxylation is 1. The molecule has 2 atom stereocenters. The molecule has 1 saturated heterocycles. The molecule has 1 amide bonds. The fraction of sp³-hybridized carbons (Fsp3) is 0.364. The van der Waals surface area contributed by atoms with Crippen LogP contribution in [0.1, 0.15) is 37.3 Å². The monoisotopic (exact) mass is 428 g/mol. The Morgan fingerprint density at radius 1 is 1.25 bits per heavy atom.